The molecule has 5 rings (SSSR count). The largest absolute Gasteiger partial charge is 0.417 e. The van der Waals surface area contributed by atoms with Gasteiger partial charge in [0.2, 0.25) is 0 Å². The van der Waals surface area contributed by atoms with Crippen molar-refractivity contribution in [1.82, 2.24) is 14.8 Å². The van der Waals surface area contributed by atoms with Crippen molar-refractivity contribution in [2.24, 2.45) is 0 Å². The number of aromatic nitrogens is 3. The average molecular weight is 498 g/mol. The number of para-hydroxylation sites is 1. The Morgan fingerprint density at radius 3 is 2.21 bits per heavy atom. The predicted octanol–water partition coefficient (Wildman–Crippen LogP) is 8.39. The third kappa shape index (κ3) is 4.04. The van der Waals surface area contributed by atoms with Gasteiger partial charge in [-0.15, -0.1) is 0 Å². The zero-order chi connectivity index (χ0) is 24.0. The van der Waals surface area contributed by atoms with E-state index in [1.165, 1.54) is 10.7 Å². The van der Waals surface area contributed by atoms with Crippen LogP contribution in [0.2, 0.25) is 10.0 Å². The SMILES string of the molecule is Cc1ccc(-c2nn(-c3ccccc3)c3nc(-c4ccc(Cl)cc4Cl)cc(C(F)(F)F)c23)cc1. The summed E-state index contributed by atoms with van der Waals surface area (Å²) < 4.78 is 44.7. The minimum Gasteiger partial charge on any atom is -0.228 e. The van der Waals surface area contributed by atoms with Crippen molar-refractivity contribution in [2.75, 3.05) is 0 Å². The monoisotopic (exact) mass is 497 g/mol. The van der Waals surface area contributed by atoms with E-state index >= 15 is 0 Å². The van der Waals surface area contributed by atoms with Gasteiger partial charge in [0.15, 0.2) is 5.65 Å². The van der Waals surface area contributed by atoms with Crippen LogP contribution in [0.1, 0.15) is 11.1 Å². The van der Waals surface area contributed by atoms with E-state index in [4.69, 9.17) is 23.2 Å². The summed E-state index contributed by atoms with van der Waals surface area (Å²) in [6, 6.07) is 21.8. The van der Waals surface area contributed by atoms with Gasteiger partial charge < -0.3 is 0 Å². The van der Waals surface area contributed by atoms with E-state index < -0.39 is 11.7 Å². The van der Waals surface area contributed by atoms with E-state index in [9.17, 15) is 13.2 Å². The first-order chi connectivity index (χ1) is 16.2. The highest BCUT2D eigenvalue weighted by Gasteiger charge is 2.37. The Morgan fingerprint density at radius 2 is 1.56 bits per heavy atom. The van der Waals surface area contributed by atoms with Crippen LogP contribution in [0.3, 0.4) is 0 Å². The Bertz CT molecular complexity index is 1510. The van der Waals surface area contributed by atoms with Crippen LogP contribution >= 0.6 is 23.2 Å². The van der Waals surface area contributed by atoms with E-state index in [-0.39, 0.29) is 27.4 Å². The van der Waals surface area contributed by atoms with Gasteiger partial charge >= 0.3 is 6.18 Å². The molecule has 170 valence electrons. The maximum absolute atomic E-state index is 14.4. The highest BCUT2D eigenvalue weighted by molar-refractivity contribution is 6.36. The number of hydrogen-bond acceptors (Lipinski definition) is 2. The van der Waals surface area contributed by atoms with Crippen molar-refractivity contribution in [1.29, 1.82) is 0 Å². The Labute approximate surface area is 203 Å². The topological polar surface area (TPSA) is 30.7 Å². The summed E-state index contributed by atoms with van der Waals surface area (Å²) in [4.78, 5) is 4.62. The highest BCUT2D eigenvalue weighted by Crippen LogP contribution is 2.42. The third-order valence-corrected chi connectivity index (χ3v) is 6.02. The summed E-state index contributed by atoms with van der Waals surface area (Å²) in [5, 5.41) is 5.11. The zero-order valence-electron chi connectivity index (χ0n) is 17.7. The number of nitrogens with zero attached hydrogens (tertiary/aromatic N) is 3. The van der Waals surface area contributed by atoms with Gasteiger partial charge in [0.1, 0.15) is 5.69 Å². The summed E-state index contributed by atoms with van der Waals surface area (Å²) in [6.45, 7) is 1.91. The molecule has 3 nitrogen and oxygen atoms in total. The fourth-order valence-corrected chi connectivity index (χ4v) is 4.34. The van der Waals surface area contributed by atoms with E-state index in [0.29, 0.717) is 21.8 Å². The molecule has 0 aliphatic heterocycles. The zero-order valence-corrected chi connectivity index (χ0v) is 19.2. The molecule has 0 bridgehead atoms. The first-order valence-corrected chi connectivity index (χ1v) is 11.1. The van der Waals surface area contributed by atoms with Gasteiger partial charge in [-0.2, -0.15) is 18.3 Å². The number of rotatable bonds is 3. The maximum Gasteiger partial charge on any atom is 0.417 e. The number of aryl methyl sites for hydroxylation is 1. The number of halogens is 5. The molecular formula is C26H16Cl2F3N3. The normalized spacial score (nSPS) is 11.8. The summed E-state index contributed by atoms with van der Waals surface area (Å²) in [6.07, 6.45) is -4.65. The lowest BCUT2D eigenvalue weighted by molar-refractivity contribution is -0.136. The van der Waals surface area contributed by atoms with Crippen LogP contribution < -0.4 is 0 Å². The second-order valence-corrected chi connectivity index (χ2v) is 8.68. The quantitative estimate of drug-likeness (QED) is 0.250. The molecule has 5 aromatic rings. The first kappa shape index (κ1) is 22.4. The Hall–Kier alpha value is -3.35. The molecule has 0 saturated carbocycles. The van der Waals surface area contributed by atoms with Crippen molar-refractivity contribution in [3.05, 3.63) is 100 Å². The molecule has 3 aromatic carbocycles. The number of hydrogen-bond donors (Lipinski definition) is 0. The molecule has 0 amide bonds. The van der Waals surface area contributed by atoms with Crippen LogP contribution in [0.4, 0.5) is 13.2 Å². The van der Waals surface area contributed by atoms with Gasteiger partial charge in [-0.05, 0) is 43.3 Å². The second-order valence-electron chi connectivity index (χ2n) is 7.84. The molecule has 0 aliphatic rings. The Morgan fingerprint density at radius 1 is 0.853 bits per heavy atom. The molecule has 8 heteroatoms. The van der Waals surface area contributed by atoms with E-state index in [1.807, 2.05) is 25.1 Å². The molecule has 0 unspecified atom stereocenters. The molecule has 0 radical (unpaired) electrons. The Kier molecular flexibility index (Phi) is 5.58. The first-order valence-electron chi connectivity index (χ1n) is 10.3. The van der Waals surface area contributed by atoms with Crippen LogP contribution in [0.15, 0.2) is 78.9 Å². The highest BCUT2D eigenvalue weighted by atomic mass is 35.5. The smallest absolute Gasteiger partial charge is 0.228 e. The molecule has 0 N–H and O–H groups in total. The van der Waals surface area contributed by atoms with Gasteiger partial charge in [0.05, 0.1) is 27.4 Å². The fourth-order valence-electron chi connectivity index (χ4n) is 3.84. The molecule has 2 heterocycles. The van der Waals surface area contributed by atoms with Gasteiger partial charge in [-0.25, -0.2) is 9.67 Å². The van der Waals surface area contributed by atoms with Crippen LogP contribution in [0, 0.1) is 6.92 Å². The predicted molar refractivity (Wildman–Crippen MR) is 129 cm³/mol. The minimum absolute atomic E-state index is 0.0750. The van der Waals surface area contributed by atoms with Crippen LogP contribution in [-0.2, 0) is 6.18 Å². The Balaban J connectivity index is 1.90. The number of benzene rings is 3. The molecule has 0 spiro atoms. The summed E-state index contributed by atoms with van der Waals surface area (Å²) in [7, 11) is 0. The van der Waals surface area contributed by atoms with Gasteiger partial charge in [-0.3, -0.25) is 0 Å². The van der Waals surface area contributed by atoms with Crippen molar-refractivity contribution in [3.63, 3.8) is 0 Å². The molecule has 0 saturated heterocycles. The third-order valence-electron chi connectivity index (χ3n) is 5.48. The molecular weight excluding hydrogens is 482 g/mol. The molecule has 34 heavy (non-hydrogen) atoms. The lowest BCUT2D eigenvalue weighted by Gasteiger charge is -2.13. The van der Waals surface area contributed by atoms with Crippen molar-refractivity contribution >= 4 is 34.2 Å². The molecule has 0 aliphatic carbocycles. The van der Waals surface area contributed by atoms with E-state index in [1.54, 1.807) is 48.5 Å². The number of fused-ring (bicyclic) bond motifs is 1. The second kappa shape index (κ2) is 8.46. The minimum atomic E-state index is -4.65. The maximum atomic E-state index is 14.4. The van der Waals surface area contributed by atoms with Crippen molar-refractivity contribution in [2.45, 2.75) is 13.1 Å². The average Bonchev–Trinajstić information content (AvgIpc) is 3.18. The van der Waals surface area contributed by atoms with Crippen molar-refractivity contribution < 1.29 is 13.2 Å². The lowest BCUT2D eigenvalue weighted by atomic mass is 10.0. The molecule has 0 atom stereocenters. The summed E-state index contributed by atoms with van der Waals surface area (Å²) >= 11 is 12.3. The van der Waals surface area contributed by atoms with E-state index in [0.717, 1.165) is 11.6 Å². The molecule has 2 aromatic heterocycles. The van der Waals surface area contributed by atoms with Crippen molar-refractivity contribution in [3.8, 4) is 28.2 Å². The lowest BCUT2D eigenvalue weighted by Crippen LogP contribution is -2.08. The summed E-state index contributed by atoms with van der Waals surface area (Å²) in [5.41, 5.74) is 2.01. The van der Waals surface area contributed by atoms with Crippen LogP contribution in [0.5, 0.6) is 0 Å². The standard InChI is InChI=1S/C26H16Cl2F3N3/c1-15-7-9-16(10-8-15)24-23-20(26(29,30)31)14-22(19-12-11-17(27)13-21(19)28)32-25(23)34(33-24)18-5-3-2-4-6-18/h2-14H,1H3. The number of alkyl halides is 3. The van der Waals surface area contributed by atoms with Gasteiger partial charge in [-0.1, -0.05) is 71.2 Å². The van der Waals surface area contributed by atoms with Crippen LogP contribution in [-0.4, -0.2) is 14.8 Å². The van der Waals surface area contributed by atoms with E-state index in [2.05, 4.69) is 10.1 Å². The fraction of sp³-hybridized carbons (Fsp3) is 0.0769. The van der Waals surface area contributed by atoms with Crippen LogP contribution in [0.25, 0.3) is 39.2 Å². The van der Waals surface area contributed by atoms with Gasteiger partial charge in [0.25, 0.3) is 0 Å². The van der Waals surface area contributed by atoms with Gasteiger partial charge in [0, 0.05) is 16.1 Å². The summed E-state index contributed by atoms with van der Waals surface area (Å²) in [5.74, 6) is 0. The molecule has 0 fully saturated rings. The number of pyridine rings is 1.